The highest BCUT2D eigenvalue weighted by molar-refractivity contribution is 5.71. The maximum absolute atomic E-state index is 10.3. The van der Waals surface area contributed by atoms with Gasteiger partial charge in [-0.25, -0.2) is 0 Å². The molecule has 0 saturated carbocycles. The Morgan fingerprint density at radius 3 is 2.38 bits per heavy atom. The first-order valence-electron chi connectivity index (χ1n) is 7.93. The minimum Gasteiger partial charge on any atom is -0.507 e. The van der Waals surface area contributed by atoms with E-state index in [4.69, 9.17) is 4.74 Å². The van der Waals surface area contributed by atoms with Gasteiger partial charge < -0.3 is 19.8 Å². The van der Waals surface area contributed by atoms with Crippen molar-refractivity contribution in [3.8, 4) is 17.2 Å². The molecule has 1 rings (SSSR count). The fourth-order valence-electron chi connectivity index (χ4n) is 2.51. The first kappa shape index (κ1) is 19.6. The third kappa shape index (κ3) is 5.33. The van der Waals surface area contributed by atoms with Crippen molar-refractivity contribution in [1.29, 1.82) is 0 Å². The van der Waals surface area contributed by atoms with Crippen molar-refractivity contribution in [2.75, 3.05) is 13.7 Å². The molecule has 0 aliphatic rings. The van der Waals surface area contributed by atoms with Gasteiger partial charge in [0.05, 0.1) is 13.7 Å². The van der Waals surface area contributed by atoms with Crippen LogP contribution in [0, 0.1) is 24.0 Å². The zero-order valence-electron chi connectivity index (χ0n) is 14.4. The van der Waals surface area contributed by atoms with Gasteiger partial charge in [0.25, 0.3) is 5.09 Å². The number of rotatable bonds is 10. The van der Waals surface area contributed by atoms with E-state index in [1.54, 1.807) is 19.9 Å². The van der Waals surface area contributed by atoms with E-state index in [0.717, 1.165) is 25.7 Å². The molecular weight excluding hydrogens is 314 g/mol. The third-order valence-electron chi connectivity index (χ3n) is 3.88. The van der Waals surface area contributed by atoms with Crippen molar-refractivity contribution in [2.45, 2.75) is 46.0 Å². The van der Waals surface area contributed by atoms with Gasteiger partial charge in [0.1, 0.15) is 5.75 Å². The summed E-state index contributed by atoms with van der Waals surface area (Å²) in [6.07, 6.45) is 7.93. The van der Waals surface area contributed by atoms with Crippen LogP contribution in [0.3, 0.4) is 0 Å². The van der Waals surface area contributed by atoms with Crippen molar-refractivity contribution in [3.05, 3.63) is 32.9 Å². The molecule has 0 radical (unpaired) electrons. The van der Waals surface area contributed by atoms with E-state index in [0.29, 0.717) is 23.1 Å². The first-order valence-corrected chi connectivity index (χ1v) is 7.93. The predicted molar refractivity (Wildman–Crippen MR) is 90.9 cm³/mol. The summed E-state index contributed by atoms with van der Waals surface area (Å²) >= 11 is 0. The summed E-state index contributed by atoms with van der Waals surface area (Å²) in [6, 6.07) is 0. The lowest BCUT2D eigenvalue weighted by atomic mass is 10.0. The average Bonchev–Trinajstić information content (AvgIpc) is 2.54. The molecule has 0 heterocycles. The van der Waals surface area contributed by atoms with E-state index < -0.39 is 5.09 Å². The summed E-state index contributed by atoms with van der Waals surface area (Å²) in [4.78, 5) is 14.2. The van der Waals surface area contributed by atoms with Gasteiger partial charge in [0, 0.05) is 16.7 Å². The lowest BCUT2D eigenvalue weighted by Crippen LogP contribution is -2.01. The second-order valence-corrected chi connectivity index (χ2v) is 5.56. The number of ether oxygens (including phenoxy) is 1. The van der Waals surface area contributed by atoms with Crippen molar-refractivity contribution in [1.82, 2.24) is 0 Å². The summed E-state index contributed by atoms with van der Waals surface area (Å²) in [5.41, 5.74) is 1.68. The predicted octanol–water partition coefficient (Wildman–Crippen LogP) is 3.90. The van der Waals surface area contributed by atoms with Crippen LogP contribution < -0.4 is 4.74 Å². The zero-order valence-corrected chi connectivity index (χ0v) is 14.4. The molecule has 1 aromatic carbocycles. The molecular formula is C17H25NO6. The van der Waals surface area contributed by atoms with Crippen molar-refractivity contribution < 1.29 is 24.9 Å². The molecule has 0 bridgehead atoms. The van der Waals surface area contributed by atoms with Crippen LogP contribution in [0.2, 0.25) is 0 Å². The number of aromatic hydroxyl groups is 2. The molecule has 24 heavy (non-hydrogen) atoms. The van der Waals surface area contributed by atoms with Crippen molar-refractivity contribution >= 4 is 6.08 Å². The molecule has 0 spiro atoms. The Labute approximate surface area is 141 Å². The van der Waals surface area contributed by atoms with Gasteiger partial charge in [-0.05, 0) is 33.1 Å². The molecule has 7 nitrogen and oxygen atoms in total. The van der Waals surface area contributed by atoms with Crippen LogP contribution in [0.1, 0.15) is 48.8 Å². The number of phenols is 2. The summed E-state index contributed by atoms with van der Waals surface area (Å²) in [5.74, 6) is 0.428. The number of nitrogens with zero attached hydrogens (tertiary/aromatic N) is 1. The number of unbranched alkanes of at least 4 members (excludes halogenated alkanes) is 4. The van der Waals surface area contributed by atoms with Crippen molar-refractivity contribution in [3.63, 3.8) is 0 Å². The summed E-state index contributed by atoms with van der Waals surface area (Å²) in [6.45, 7) is 3.58. The maximum Gasteiger partial charge on any atom is 0.294 e. The monoisotopic (exact) mass is 339 g/mol. The van der Waals surface area contributed by atoms with E-state index in [1.165, 1.54) is 7.11 Å². The second-order valence-electron chi connectivity index (χ2n) is 5.56. The number of allylic oxidation sites excluding steroid dienone is 1. The molecule has 0 unspecified atom stereocenters. The Morgan fingerprint density at radius 1 is 1.08 bits per heavy atom. The van der Waals surface area contributed by atoms with Gasteiger partial charge in [-0.15, -0.1) is 10.1 Å². The molecule has 0 aromatic heterocycles. The number of benzene rings is 1. The normalized spacial score (nSPS) is 11.0. The van der Waals surface area contributed by atoms with E-state index in [2.05, 4.69) is 4.84 Å². The molecule has 7 heteroatoms. The fourth-order valence-corrected chi connectivity index (χ4v) is 2.51. The Balaban J connectivity index is 2.51. The van der Waals surface area contributed by atoms with Gasteiger partial charge in [-0.3, -0.25) is 0 Å². The van der Waals surface area contributed by atoms with E-state index in [-0.39, 0.29) is 23.9 Å². The highest BCUT2D eigenvalue weighted by Crippen LogP contribution is 2.42. The summed E-state index contributed by atoms with van der Waals surface area (Å²) < 4.78 is 5.15. The minimum atomic E-state index is -0.775. The van der Waals surface area contributed by atoms with Crippen LogP contribution in [0.4, 0.5) is 0 Å². The smallest absolute Gasteiger partial charge is 0.294 e. The molecule has 0 saturated heterocycles. The standard InChI is InChI=1S/C17H25NO6/c1-12-14(16(20)17(23-3)13(2)15(12)19)10-8-6-4-5-7-9-11-24-18(21)22/h8,10,19-20H,4-7,9,11H2,1-3H3. The topological polar surface area (TPSA) is 102 Å². The highest BCUT2D eigenvalue weighted by Gasteiger charge is 2.17. The van der Waals surface area contributed by atoms with Crippen LogP contribution >= 0.6 is 0 Å². The summed E-state index contributed by atoms with van der Waals surface area (Å²) in [7, 11) is 1.45. The lowest BCUT2D eigenvalue weighted by molar-refractivity contribution is -0.757. The average molecular weight is 339 g/mol. The molecule has 0 aliphatic heterocycles. The fraction of sp³-hybridized carbons (Fsp3) is 0.529. The molecule has 2 N–H and O–H groups in total. The summed E-state index contributed by atoms with van der Waals surface area (Å²) in [5, 5.41) is 29.6. The van der Waals surface area contributed by atoms with Gasteiger partial charge in [-0.1, -0.05) is 25.0 Å². The molecule has 0 fully saturated rings. The number of hydrogen-bond donors (Lipinski definition) is 2. The van der Waals surface area contributed by atoms with Crippen LogP contribution in [0.5, 0.6) is 17.2 Å². The van der Waals surface area contributed by atoms with Gasteiger partial charge >= 0.3 is 0 Å². The lowest BCUT2D eigenvalue weighted by Gasteiger charge is -2.14. The van der Waals surface area contributed by atoms with Crippen LogP contribution in [0.25, 0.3) is 6.08 Å². The third-order valence-corrected chi connectivity index (χ3v) is 3.88. The Morgan fingerprint density at radius 2 is 1.75 bits per heavy atom. The first-order chi connectivity index (χ1) is 11.4. The largest absolute Gasteiger partial charge is 0.507 e. The van der Waals surface area contributed by atoms with Crippen LogP contribution in [-0.4, -0.2) is 29.0 Å². The van der Waals surface area contributed by atoms with E-state index in [9.17, 15) is 20.3 Å². The zero-order chi connectivity index (χ0) is 18.1. The number of hydrogen-bond acceptors (Lipinski definition) is 6. The quantitative estimate of drug-likeness (QED) is 0.290. The van der Waals surface area contributed by atoms with Gasteiger partial charge in [-0.2, -0.15) is 0 Å². The molecule has 1 aromatic rings. The second kappa shape index (κ2) is 9.64. The Bertz CT molecular complexity index is 597. The van der Waals surface area contributed by atoms with Crippen LogP contribution in [0.15, 0.2) is 6.08 Å². The minimum absolute atomic E-state index is 0.0264. The molecule has 134 valence electrons. The molecule has 0 atom stereocenters. The Hall–Kier alpha value is -2.44. The van der Waals surface area contributed by atoms with Gasteiger partial charge in [0.2, 0.25) is 0 Å². The van der Waals surface area contributed by atoms with Crippen LogP contribution in [-0.2, 0) is 4.84 Å². The van der Waals surface area contributed by atoms with Gasteiger partial charge in [0.15, 0.2) is 11.5 Å². The Kier molecular flexibility index (Phi) is 7.88. The SMILES string of the molecule is COc1c(C)c(O)c(C)c(C=CCCCCCCO[N+](=O)[O-])c1O. The molecule has 0 aliphatic carbocycles. The van der Waals surface area contributed by atoms with E-state index >= 15 is 0 Å². The number of phenolic OH excluding ortho intramolecular Hbond substituents is 2. The molecule has 0 amide bonds. The van der Waals surface area contributed by atoms with Crippen molar-refractivity contribution in [2.24, 2.45) is 0 Å². The highest BCUT2D eigenvalue weighted by atomic mass is 16.9. The number of methoxy groups -OCH3 is 1. The van der Waals surface area contributed by atoms with E-state index in [1.807, 2.05) is 6.08 Å². The maximum atomic E-state index is 10.3.